The summed E-state index contributed by atoms with van der Waals surface area (Å²) in [4.78, 5) is 5.51. The quantitative estimate of drug-likeness (QED) is 0.0751. The Morgan fingerprint density at radius 3 is 0.672 bits per heavy atom. The van der Waals surface area contributed by atoms with Gasteiger partial charge in [-0.3, -0.25) is 0 Å². The lowest BCUT2D eigenvalue weighted by Crippen LogP contribution is -2.61. The number of fused-ring (bicyclic) bond motifs is 16. The Kier molecular flexibility index (Phi) is 19.3. The summed E-state index contributed by atoms with van der Waals surface area (Å²) in [6.07, 6.45) is 0. The summed E-state index contributed by atoms with van der Waals surface area (Å²) in [5.41, 5.74) is 37.3. The fourth-order valence-electron chi connectivity index (χ4n) is 22.7. The standard InChI is InChI=1S/C132H91BN4/c1-132(2,3)100-72-70-88(71-73-100)99-82-119-125-120(83-99)137(131-113(91-50-22-8-23-51-91)80-98(87-44-16-5-17-45-87)81-114(131)92-52-24-9-25-53-92)118-85-102(135-128(95-58-30-12-31-59-95)123-109-68-40-36-64-105(109)106-65-37-41-69-110(106)124(123)129(135)96-60-32-13-33-61-96)75-77-116(118)133(125)115-76-74-101(84-117(115)136(119)130-111(89-46-18-6-19-47-89)78-97(86-42-14-4-15-43-86)79-112(130)90-48-20-7-21-49-90)134-126(93-54-26-10-27-55-93)121-107-66-38-34-62-103(107)104-63-35-39-67-108(104)122(121)127(134)94-56-28-11-29-57-94/h4-85H,1-3H3. The van der Waals surface area contributed by atoms with Crippen LogP contribution in [0.2, 0.25) is 0 Å². The van der Waals surface area contributed by atoms with E-state index in [9.17, 15) is 0 Å². The molecular formula is C132H91BN4. The van der Waals surface area contributed by atoms with Crippen LogP contribution in [-0.2, 0) is 5.41 Å². The molecule has 22 aromatic carbocycles. The molecule has 26 rings (SSSR count). The van der Waals surface area contributed by atoms with E-state index in [0.29, 0.717) is 0 Å². The van der Waals surface area contributed by atoms with Crippen molar-refractivity contribution in [3.8, 4) is 134 Å². The molecule has 137 heavy (non-hydrogen) atoms. The van der Waals surface area contributed by atoms with Crippen LogP contribution < -0.4 is 26.2 Å². The van der Waals surface area contributed by atoms with E-state index in [4.69, 9.17) is 0 Å². The zero-order chi connectivity index (χ0) is 90.9. The van der Waals surface area contributed by atoms with Gasteiger partial charge in [-0.15, -0.1) is 0 Å². The van der Waals surface area contributed by atoms with E-state index in [-0.39, 0.29) is 5.41 Å². The van der Waals surface area contributed by atoms with Crippen molar-refractivity contribution in [3.63, 3.8) is 0 Å². The van der Waals surface area contributed by atoms with E-state index in [1.807, 2.05) is 0 Å². The molecule has 4 nitrogen and oxygen atoms in total. The van der Waals surface area contributed by atoms with Gasteiger partial charge in [0.05, 0.1) is 34.2 Å². The van der Waals surface area contributed by atoms with Crippen LogP contribution in [0.3, 0.4) is 0 Å². The van der Waals surface area contributed by atoms with Crippen molar-refractivity contribution in [3.05, 3.63) is 503 Å². The molecule has 2 aromatic heterocycles. The number of aromatic nitrogens is 2. The van der Waals surface area contributed by atoms with Crippen molar-refractivity contribution >= 4 is 122 Å². The molecule has 24 aromatic rings. The molecule has 4 heterocycles. The predicted octanol–water partition coefficient (Wildman–Crippen LogP) is 33.9. The second-order valence-corrected chi connectivity index (χ2v) is 37.6. The fraction of sp³-hybridized carbons (Fsp3) is 0.0303. The van der Waals surface area contributed by atoms with Crippen molar-refractivity contribution in [1.82, 2.24) is 9.13 Å². The third-order valence-corrected chi connectivity index (χ3v) is 28.8. The molecule has 0 fully saturated rings. The van der Waals surface area contributed by atoms with Gasteiger partial charge in [-0.1, -0.05) is 458 Å². The molecule has 2 aliphatic rings. The minimum absolute atomic E-state index is 0.135. The topological polar surface area (TPSA) is 16.3 Å². The average Bonchev–Trinajstić information content (AvgIpc) is 1.66. The maximum Gasteiger partial charge on any atom is 0.252 e. The number of nitrogens with zero attached hydrogens (tertiary/aromatic N) is 4. The van der Waals surface area contributed by atoms with Gasteiger partial charge in [-0.25, -0.2) is 0 Å². The molecule has 0 aliphatic carbocycles. The monoisotopic (exact) mass is 1740 g/mol. The first-order valence-electron chi connectivity index (χ1n) is 47.7. The van der Waals surface area contributed by atoms with E-state index in [1.54, 1.807) is 0 Å². The molecule has 2 aliphatic heterocycles. The number of rotatable bonds is 15. The van der Waals surface area contributed by atoms with Crippen LogP contribution in [0.5, 0.6) is 0 Å². The number of hydrogen-bond acceptors (Lipinski definition) is 2. The SMILES string of the molecule is CC(C)(C)c1ccc(-c2cc3c4c(c2)N(c2c(-c5ccccc5)cc(-c5ccccc5)cc2-c2ccccc2)c2cc(-n5c(-c6ccccc6)c6c7ccccc7c7ccccc7c6c5-c5ccccc5)ccc2B4c2ccc(-n4c(-c5ccccc5)c5c6ccccc6c6ccccc6c5c4-c4ccccc4)cc2N3c2c(-c3ccccc3)cc(-c3ccccc3)cc2-c2ccccc2)cc1. The molecule has 5 heteroatoms. The zero-order valence-corrected chi connectivity index (χ0v) is 76.2. The predicted molar refractivity (Wildman–Crippen MR) is 583 cm³/mol. The average molecular weight is 1740 g/mol. The number of hydrogen-bond donors (Lipinski definition) is 0. The molecule has 0 atom stereocenters. The third kappa shape index (κ3) is 13.3. The Morgan fingerprint density at radius 2 is 0.409 bits per heavy atom. The Labute approximate surface area is 798 Å². The van der Waals surface area contributed by atoms with Crippen molar-refractivity contribution in [1.29, 1.82) is 0 Å². The Hall–Kier alpha value is -17.4. The molecular weight excluding hydrogens is 1650 g/mol. The molecule has 0 unspecified atom stereocenters. The van der Waals surface area contributed by atoms with Gasteiger partial charge in [0.1, 0.15) is 0 Å². The summed E-state index contributed by atoms with van der Waals surface area (Å²) < 4.78 is 5.30. The second kappa shape index (κ2) is 32.8. The molecule has 0 N–H and O–H groups in total. The fourth-order valence-corrected chi connectivity index (χ4v) is 22.7. The van der Waals surface area contributed by atoms with Crippen molar-refractivity contribution < 1.29 is 0 Å². The van der Waals surface area contributed by atoms with Crippen molar-refractivity contribution in [2.75, 3.05) is 9.80 Å². The normalized spacial score (nSPS) is 12.3. The zero-order valence-electron chi connectivity index (χ0n) is 76.2. The number of anilines is 6. The summed E-state index contributed by atoms with van der Waals surface area (Å²) in [5.74, 6) is 0. The number of benzene rings is 22. The first-order chi connectivity index (χ1) is 67.7. The molecule has 0 radical (unpaired) electrons. The smallest absolute Gasteiger partial charge is 0.252 e. The minimum atomic E-state index is -0.427. The lowest BCUT2D eigenvalue weighted by molar-refractivity contribution is 0.590. The Bertz CT molecular complexity index is 8020. The van der Waals surface area contributed by atoms with E-state index in [0.717, 1.165) is 179 Å². The summed E-state index contributed by atoms with van der Waals surface area (Å²) in [5, 5.41) is 14.4. The molecule has 642 valence electrons. The summed E-state index contributed by atoms with van der Waals surface area (Å²) in [6.45, 7) is 6.55. The maximum absolute atomic E-state index is 2.75. The van der Waals surface area contributed by atoms with Gasteiger partial charge in [0.2, 0.25) is 0 Å². The van der Waals surface area contributed by atoms with Gasteiger partial charge >= 0.3 is 0 Å². The van der Waals surface area contributed by atoms with Gasteiger partial charge in [0, 0.05) is 77.9 Å². The highest BCUT2D eigenvalue weighted by Gasteiger charge is 2.47. The summed E-state index contributed by atoms with van der Waals surface area (Å²) in [6, 6.07) is 188. The lowest BCUT2D eigenvalue weighted by Gasteiger charge is -2.46. The van der Waals surface area contributed by atoms with Crippen LogP contribution in [0.4, 0.5) is 34.1 Å². The minimum Gasteiger partial charge on any atom is -0.310 e. The Balaban J connectivity index is 0.877. The van der Waals surface area contributed by atoms with Crippen LogP contribution in [0.1, 0.15) is 26.3 Å². The highest BCUT2D eigenvalue weighted by Crippen LogP contribution is 2.59. The van der Waals surface area contributed by atoms with Gasteiger partial charge in [-0.05, 0) is 209 Å². The van der Waals surface area contributed by atoms with E-state index < -0.39 is 6.71 Å². The molecule has 0 amide bonds. The van der Waals surface area contributed by atoms with Crippen molar-refractivity contribution in [2.45, 2.75) is 26.2 Å². The van der Waals surface area contributed by atoms with E-state index in [1.165, 1.54) is 75.7 Å². The maximum atomic E-state index is 2.75. The van der Waals surface area contributed by atoms with Crippen LogP contribution in [0, 0.1) is 0 Å². The van der Waals surface area contributed by atoms with Crippen LogP contribution >= 0.6 is 0 Å². The second-order valence-electron chi connectivity index (χ2n) is 37.6. The van der Waals surface area contributed by atoms with Gasteiger partial charge < -0.3 is 18.9 Å². The van der Waals surface area contributed by atoms with Crippen LogP contribution in [0.25, 0.3) is 199 Å². The van der Waals surface area contributed by atoms with E-state index >= 15 is 0 Å². The first-order valence-corrected chi connectivity index (χ1v) is 47.7. The third-order valence-electron chi connectivity index (χ3n) is 28.8. The molecule has 0 spiro atoms. The van der Waals surface area contributed by atoms with Gasteiger partial charge in [0.25, 0.3) is 6.71 Å². The van der Waals surface area contributed by atoms with Gasteiger partial charge in [-0.2, -0.15) is 0 Å². The Morgan fingerprint density at radius 1 is 0.182 bits per heavy atom. The van der Waals surface area contributed by atoms with E-state index in [2.05, 4.69) is 537 Å². The lowest BCUT2D eigenvalue weighted by atomic mass is 9.33. The highest BCUT2D eigenvalue weighted by molar-refractivity contribution is 7.00. The summed E-state index contributed by atoms with van der Waals surface area (Å²) >= 11 is 0. The summed E-state index contributed by atoms with van der Waals surface area (Å²) in [7, 11) is 0. The van der Waals surface area contributed by atoms with Gasteiger partial charge in [0.15, 0.2) is 0 Å². The largest absolute Gasteiger partial charge is 0.310 e. The van der Waals surface area contributed by atoms with Crippen LogP contribution in [-0.4, -0.2) is 15.8 Å². The molecule has 0 saturated carbocycles. The highest BCUT2D eigenvalue weighted by atomic mass is 15.2. The molecule has 0 saturated heterocycles. The first kappa shape index (κ1) is 80.5. The molecule has 0 bridgehead atoms. The van der Waals surface area contributed by atoms with Crippen LogP contribution in [0.15, 0.2) is 497 Å². The van der Waals surface area contributed by atoms with Crippen molar-refractivity contribution in [2.24, 2.45) is 0 Å².